The number of nitrogens with zero attached hydrogens (tertiary/aromatic N) is 1. The van der Waals surface area contributed by atoms with Gasteiger partial charge in [0, 0.05) is 12.6 Å². The van der Waals surface area contributed by atoms with E-state index in [1.165, 1.54) is 11.8 Å². The second-order valence-corrected chi connectivity index (χ2v) is 4.75. The van der Waals surface area contributed by atoms with Gasteiger partial charge in [0.2, 0.25) is 5.91 Å². The highest BCUT2D eigenvalue weighted by Gasteiger charge is 2.24. The van der Waals surface area contributed by atoms with Crippen molar-refractivity contribution in [3.8, 4) is 5.75 Å². The van der Waals surface area contributed by atoms with Gasteiger partial charge in [0.15, 0.2) is 5.11 Å². The predicted molar refractivity (Wildman–Crippen MR) is 77.7 cm³/mol. The van der Waals surface area contributed by atoms with Gasteiger partial charge >= 0.3 is 0 Å². The molecule has 1 aromatic carbocycles. The number of benzene rings is 1. The largest absolute Gasteiger partial charge is 0.497 e. The molecule has 0 saturated carbocycles. The zero-order chi connectivity index (χ0) is 14.0. The van der Waals surface area contributed by atoms with E-state index in [0.717, 1.165) is 17.0 Å². The molecule has 5 heteroatoms. The first-order chi connectivity index (χ1) is 9.02. The van der Waals surface area contributed by atoms with Gasteiger partial charge in [0.25, 0.3) is 0 Å². The molecule has 1 N–H and O–H groups in total. The Kier molecular flexibility index (Phi) is 3.85. The minimum Gasteiger partial charge on any atom is -0.497 e. The number of carbonyl (C=O) groups is 1. The van der Waals surface area contributed by atoms with Crippen molar-refractivity contribution in [2.24, 2.45) is 0 Å². The molecule has 0 radical (unpaired) electrons. The summed E-state index contributed by atoms with van der Waals surface area (Å²) in [5.74, 6) is 0.729. The average Bonchev–Trinajstić information content (AvgIpc) is 2.37. The van der Waals surface area contributed by atoms with Crippen LogP contribution in [-0.4, -0.2) is 23.0 Å². The number of methoxy groups -OCH3 is 1. The molecule has 0 saturated heterocycles. The summed E-state index contributed by atoms with van der Waals surface area (Å²) in [5.41, 5.74) is 1.92. The summed E-state index contributed by atoms with van der Waals surface area (Å²) in [6.07, 6.45) is 1.99. The number of hydrogen-bond acceptors (Lipinski definition) is 3. The Labute approximate surface area is 118 Å². The van der Waals surface area contributed by atoms with Crippen LogP contribution in [0.2, 0.25) is 0 Å². The molecular weight excluding hydrogens is 260 g/mol. The molecule has 1 heterocycles. The van der Waals surface area contributed by atoms with Gasteiger partial charge in [0.05, 0.1) is 13.2 Å². The number of ether oxygens (including phenoxy) is 1. The number of hydrogen-bond donors (Lipinski definition) is 1. The standard InChI is InChI=1S/C14H16N2O2S/c1-9-8-13(15-14(19)16(9)10(2)17)11-4-6-12(18-3)7-5-11/h4-8,13H,1-3H3,(H,15,19). The normalized spacial score (nSPS) is 18.7. The van der Waals surface area contributed by atoms with E-state index < -0.39 is 0 Å². The fourth-order valence-electron chi connectivity index (χ4n) is 2.10. The lowest BCUT2D eigenvalue weighted by Gasteiger charge is -2.32. The van der Waals surface area contributed by atoms with Crippen LogP contribution < -0.4 is 10.1 Å². The van der Waals surface area contributed by atoms with Crippen LogP contribution >= 0.6 is 12.2 Å². The SMILES string of the molecule is COc1ccc(C2C=C(C)N(C(C)=O)C(=S)N2)cc1. The Morgan fingerprint density at radius 1 is 1.37 bits per heavy atom. The van der Waals surface area contributed by atoms with E-state index in [2.05, 4.69) is 5.32 Å². The predicted octanol–water partition coefficient (Wildman–Crippen LogP) is 2.38. The molecule has 1 atom stereocenters. The number of thiocarbonyl (C=S) groups is 1. The number of allylic oxidation sites excluding steroid dienone is 1. The molecule has 0 bridgehead atoms. The van der Waals surface area contributed by atoms with Gasteiger partial charge in [-0.3, -0.25) is 9.69 Å². The fourth-order valence-corrected chi connectivity index (χ4v) is 2.50. The molecule has 1 aliphatic rings. The first kappa shape index (κ1) is 13.5. The van der Waals surface area contributed by atoms with E-state index >= 15 is 0 Å². The van der Waals surface area contributed by atoms with Gasteiger partial charge in [-0.15, -0.1) is 0 Å². The Morgan fingerprint density at radius 2 is 2.00 bits per heavy atom. The van der Waals surface area contributed by atoms with Crippen LogP contribution in [0.15, 0.2) is 36.0 Å². The maximum Gasteiger partial charge on any atom is 0.229 e. The molecule has 1 amide bonds. The van der Waals surface area contributed by atoms with Crippen molar-refractivity contribution in [1.29, 1.82) is 0 Å². The lowest BCUT2D eigenvalue weighted by atomic mass is 10.0. The second kappa shape index (κ2) is 5.40. The van der Waals surface area contributed by atoms with Gasteiger partial charge in [-0.2, -0.15) is 0 Å². The van der Waals surface area contributed by atoms with Gasteiger partial charge in [-0.25, -0.2) is 0 Å². The monoisotopic (exact) mass is 276 g/mol. The number of rotatable bonds is 2. The third-order valence-corrected chi connectivity index (χ3v) is 3.33. The van der Waals surface area contributed by atoms with Crippen LogP contribution in [0, 0.1) is 0 Å². The Morgan fingerprint density at radius 3 is 2.47 bits per heavy atom. The van der Waals surface area contributed by atoms with Crippen molar-refractivity contribution in [1.82, 2.24) is 10.2 Å². The first-order valence-corrected chi connectivity index (χ1v) is 6.37. The smallest absolute Gasteiger partial charge is 0.229 e. The van der Waals surface area contributed by atoms with Crippen LogP contribution in [0.3, 0.4) is 0 Å². The molecule has 0 aliphatic carbocycles. The summed E-state index contributed by atoms with van der Waals surface area (Å²) in [6.45, 7) is 3.38. The Hall–Kier alpha value is -1.88. The summed E-state index contributed by atoms with van der Waals surface area (Å²) in [5, 5.41) is 3.59. The van der Waals surface area contributed by atoms with Gasteiger partial charge in [0.1, 0.15) is 5.75 Å². The average molecular weight is 276 g/mol. The highest BCUT2D eigenvalue weighted by Crippen LogP contribution is 2.24. The van der Waals surface area contributed by atoms with E-state index in [9.17, 15) is 4.79 Å². The van der Waals surface area contributed by atoms with E-state index in [4.69, 9.17) is 17.0 Å². The maximum absolute atomic E-state index is 11.5. The molecule has 0 aromatic heterocycles. The first-order valence-electron chi connectivity index (χ1n) is 5.96. The molecule has 2 rings (SSSR count). The zero-order valence-corrected chi connectivity index (χ0v) is 12.0. The molecule has 4 nitrogen and oxygen atoms in total. The topological polar surface area (TPSA) is 41.6 Å². The third-order valence-electron chi connectivity index (χ3n) is 3.03. The third kappa shape index (κ3) is 2.76. The molecule has 100 valence electrons. The van der Waals surface area contributed by atoms with E-state index in [1.54, 1.807) is 7.11 Å². The van der Waals surface area contributed by atoms with Crippen molar-refractivity contribution < 1.29 is 9.53 Å². The van der Waals surface area contributed by atoms with Crippen molar-refractivity contribution in [3.63, 3.8) is 0 Å². The number of carbonyl (C=O) groups excluding carboxylic acids is 1. The van der Waals surface area contributed by atoms with Crippen molar-refractivity contribution in [2.75, 3.05) is 7.11 Å². The minimum absolute atomic E-state index is 0.0194. The van der Waals surface area contributed by atoms with Gasteiger partial charge < -0.3 is 10.1 Å². The van der Waals surface area contributed by atoms with Crippen LogP contribution in [0.25, 0.3) is 0 Å². The summed E-state index contributed by atoms with van der Waals surface area (Å²) in [4.78, 5) is 13.0. The van der Waals surface area contributed by atoms with Crippen molar-refractivity contribution in [3.05, 3.63) is 41.6 Å². The molecule has 1 aromatic rings. The summed E-state index contributed by atoms with van der Waals surface area (Å²) in [7, 11) is 1.64. The Bertz CT molecular complexity index is 537. The maximum atomic E-state index is 11.5. The van der Waals surface area contributed by atoms with Crippen molar-refractivity contribution >= 4 is 23.2 Å². The van der Waals surface area contributed by atoms with E-state index in [1.807, 2.05) is 37.3 Å². The number of nitrogens with one attached hydrogen (secondary N) is 1. The van der Waals surface area contributed by atoms with Gasteiger partial charge in [-0.1, -0.05) is 12.1 Å². The summed E-state index contributed by atoms with van der Waals surface area (Å²) in [6, 6.07) is 7.74. The van der Waals surface area contributed by atoms with Crippen LogP contribution in [-0.2, 0) is 4.79 Å². The summed E-state index contributed by atoms with van der Waals surface area (Å²) < 4.78 is 5.13. The quantitative estimate of drug-likeness (QED) is 0.842. The van der Waals surface area contributed by atoms with Crippen LogP contribution in [0.4, 0.5) is 0 Å². The highest BCUT2D eigenvalue weighted by molar-refractivity contribution is 7.80. The van der Waals surface area contributed by atoms with E-state index in [0.29, 0.717) is 5.11 Å². The molecule has 0 spiro atoms. The molecule has 0 fully saturated rings. The lowest BCUT2D eigenvalue weighted by molar-refractivity contribution is -0.123. The lowest BCUT2D eigenvalue weighted by Crippen LogP contribution is -2.46. The van der Waals surface area contributed by atoms with Crippen molar-refractivity contribution in [2.45, 2.75) is 19.9 Å². The molecular formula is C14H16N2O2S. The van der Waals surface area contributed by atoms with Crippen LogP contribution in [0.5, 0.6) is 5.75 Å². The molecule has 1 unspecified atom stereocenters. The van der Waals surface area contributed by atoms with Crippen LogP contribution in [0.1, 0.15) is 25.5 Å². The second-order valence-electron chi connectivity index (χ2n) is 4.36. The Balaban J connectivity index is 2.27. The van der Waals surface area contributed by atoms with Gasteiger partial charge in [-0.05, 0) is 42.9 Å². The molecule has 19 heavy (non-hydrogen) atoms. The molecule has 1 aliphatic heterocycles. The summed E-state index contributed by atoms with van der Waals surface area (Å²) >= 11 is 5.23. The number of amides is 1. The van der Waals surface area contributed by atoms with E-state index in [-0.39, 0.29) is 11.9 Å². The minimum atomic E-state index is -0.0839. The zero-order valence-electron chi connectivity index (χ0n) is 11.1. The highest BCUT2D eigenvalue weighted by atomic mass is 32.1. The fraction of sp³-hybridized carbons (Fsp3) is 0.286.